The zero-order valence-electron chi connectivity index (χ0n) is 9.20. The number of thioether (sulfide) groups is 1. The highest BCUT2D eigenvalue weighted by atomic mass is 32.2. The van der Waals surface area contributed by atoms with Gasteiger partial charge in [0.25, 0.3) is 0 Å². The highest BCUT2D eigenvalue weighted by molar-refractivity contribution is 8.14. The molecule has 0 aliphatic carbocycles. The summed E-state index contributed by atoms with van der Waals surface area (Å²) in [5.74, 6) is 0.293. The van der Waals surface area contributed by atoms with E-state index in [1.165, 1.54) is 0 Å². The van der Waals surface area contributed by atoms with Crippen LogP contribution in [-0.2, 0) is 4.79 Å². The van der Waals surface area contributed by atoms with E-state index < -0.39 is 0 Å². The molecule has 0 aromatic heterocycles. The summed E-state index contributed by atoms with van der Waals surface area (Å²) < 4.78 is 0. The van der Waals surface area contributed by atoms with Gasteiger partial charge in [-0.15, -0.1) is 0 Å². The van der Waals surface area contributed by atoms with E-state index in [2.05, 4.69) is 0 Å². The van der Waals surface area contributed by atoms with Gasteiger partial charge in [0.15, 0.2) is 5.17 Å². The fourth-order valence-electron chi connectivity index (χ4n) is 1.39. The van der Waals surface area contributed by atoms with Crippen LogP contribution in [0.5, 0.6) is 0 Å². The molecule has 0 aromatic carbocycles. The van der Waals surface area contributed by atoms with Gasteiger partial charge in [0.05, 0.1) is 5.75 Å². The maximum atomic E-state index is 11.7. The molecule has 82 valence electrons. The molecule has 0 spiro atoms. The summed E-state index contributed by atoms with van der Waals surface area (Å²) in [6.07, 6.45) is 0. The van der Waals surface area contributed by atoms with Crippen molar-refractivity contribution in [1.82, 2.24) is 4.90 Å². The number of nitrogens with two attached hydrogens (primary N) is 1. The van der Waals surface area contributed by atoms with Gasteiger partial charge in [-0.05, 0) is 27.7 Å². The second-order valence-corrected chi connectivity index (χ2v) is 4.66. The fraction of sp³-hybridized carbons (Fsp3) is 0.778. The summed E-state index contributed by atoms with van der Waals surface area (Å²) in [6.45, 7) is 7.93. The van der Waals surface area contributed by atoms with Crippen molar-refractivity contribution in [2.24, 2.45) is 5.73 Å². The molecule has 0 aliphatic rings. The molecule has 3 N–H and O–H groups in total. The predicted molar refractivity (Wildman–Crippen MR) is 61.5 cm³/mol. The molecule has 5 heteroatoms. The Kier molecular flexibility index (Phi) is 5.60. The maximum absolute atomic E-state index is 11.7. The molecule has 0 radical (unpaired) electrons. The van der Waals surface area contributed by atoms with E-state index >= 15 is 0 Å². The molecule has 0 saturated heterocycles. The third-order valence-corrected chi connectivity index (χ3v) is 2.45. The van der Waals surface area contributed by atoms with Crippen molar-refractivity contribution >= 4 is 22.8 Å². The third-order valence-electron chi connectivity index (χ3n) is 1.75. The molecule has 0 fully saturated rings. The lowest BCUT2D eigenvalue weighted by Gasteiger charge is -2.30. The Bertz CT molecular complexity index is 208. The van der Waals surface area contributed by atoms with Crippen LogP contribution in [0.4, 0.5) is 0 Å². The smallest absolute Gasteiger partial charge is 0.233 e. The van der Waals surface area contributed by atoms with Gasteiger partial charge in [-0.3, -0.25) is 10.2 Å². The van der Waals surface area contributed by atoms with E-state index in [1.54, 1.807) is 4.90 Å². The molecule has 0 atom stereocenters. The fourth-order valence-corrected chi connectivity index (χ4v) is 1.81. The number of carbonyl (C=O) groups excluding carboxylic acids is 1. The molecular formula is C9H19N3OS. The quantitative estimate of drug-likeness (QED) is 0.550. The van der Waals surface area contributed by atoms with E-state index in [-0.39, 0.29) is 28.9 Å². The molecule has 0 bridgehead atoms. The van der Waals surface area contributed by atoms with Crippen LogP contribution in [0.3, 0.4) is 0 Å². The van der Waals surface area contributed by atoms with Gasteiger partial charge < -0.3 is 10.6 Å². The van der Waals surface area contributed by atoms with Crippen LogP contribution in [0.15, 0.2) is 0 Å². The molecule has 0 rings (SSSR count). The number of hydrogen-bond donors (Lipinski definition) is 2. The number of hydrogen-bond acceptors (Lipinski definition) is 3. The minimum atomic E-state index is -0.00851. The highest BCUT2D eigenvalue weighted by Crippen LogP contribution is 2.09. The van der Waals surface area contributed by atoms with Crippen LogP contribution in [0, 0.1) is 5.41 Å². The van der Waals surface area contributed by atoms with E-state index in [1.807, 2.05) is 27.7 Å². The van der Waals surface area contributed by atoms with Crippen molar-refractivity contribution in [2.75, 3.05) is 5.75 Å². The molecule has 0 aromatic rings. The lowest BCUT2D eigenvalue weighted by Crippen LogP contribution is -2.43. The number of carbonyl (C=O) groups is 1. The van der Waals surface area contributed by atoms with Crippen molar-refractivity contribution in [3.05, 3.63) is 0 Å². The van der Waals surface area contributed by atoms with Gasteiger partial charge in [0, 0.05) is 12.1 Å². The number of nitrogens with zero attached hydrogens (tertiary/aromatic N) is 1. The zero-order chi connectivity index (χ0) is 11.3. The predicted octanol–water partition coefficient (Wildman–Crippen LogP) is 1.26. The first kappa shape index (κ1) is 13.3. The zero-order valence-corrected chi connectivity index (χ0v) is 10.0. The Morgan fingerprint density at radius 3 is 2.07 bits per heavy atom. The summed E-state index contributed by atoms with van der Waals surface area (Å²) in [5, 5.41) is 7.00. The molecule has 14 heavy (non-hydrogen) atoms. The van der Waals surface area contributed by atoms with Gasteiger partial charge in [-0.2, -0.15) is 0 Å². The van der Waals surface area contributed by atoms with Crippen molar-refractivity contribution in [2.45, 2.75) is 39.8 Å². The lowest BCUT2D eigenvalue weighted by atomic mass is 10.2. The maximum Gasteiger partial charge on any atom is 0.233 e. The summed E-state index contributed by atoms with van der Waals surface area (Å²) in [6, 6.07) is 0.380. The average Bonchev–Trinajstić information content (AvgIpc) is 1.99. The Hall–Kier alpha value is -0.710. The standard InChI is InChI=1S/C9H19N3OS/c1-6(2)12(7(3)4)8(13)5-14-9(10)11/h6-7H,5H2,1-4H3,(H3,10,11). The van der Waals surface area contributed by atoms with Gasteiger partial charge in [-0.25, -0.2) is 0 Å². The van der Waals surface area contributed by atoms with Crippen LogP contribution < -0.4 is 5.73 Å². The van der Waals surface area contributed by atoms with Crippen LogP contribution in [0.1, 0.15) is 27.7 Å². The van der Waals surface area contributed by atoms with E-state index in [0.717, 1.165) is 11.8 Å². The lowest BCUT2D eigenvalue weighted by molar-refractivity contribution is -0.131. The molecular weight excluding hydrogens is 198 g/mol. The van der Waals surface area contributed by atoms with Crippen molar-refractivity contribution in [3.8, 4) is 0 Å². The molecule has 0 heterocycles. The molecule has 4 nitrogen and oxygen atoms in total. The normalized spacial score (nSPS) is 10.7. The van der Waals surface area contributed by atoms with Gasteiger partial charge in [0.2, 0.25) is 5.91 Å². The number of rotatable bonds is 4. The third kappa shape index (κ3) is 4.50. The average molecular weight is 217 g/mol. The first-order valence-electron chi connectivity index (χ1n) is 4.64. The van der Waals surface area contributed by atoms with Gasteiger partial charge in [-0.1, -0.05) is 11.8 Å². The van der Waals surface area contributed by atoms with Crippen LogP contribution >= 0.6 is 11.8 Å². The summed E-state index contributed by atoms with van der Waals surface area (Å²) in [4.78, 5) is 13.5. The van der Waals surface area contributed by atoms with E-state index in [0.29, 0.717) is 0 Å². The highest BCUT2D eigenvalue weighted by Gasteiger charge is 2.19. The topological polar surface area (TPSA) is 70.2 Å². The first-order valence-corrected chi connectivity index (χ1v) is 5.62. The minimum Gasteiger partial charge on any atom is -0.379 e. The van der Waals surface area contributed by atoms with Crippen LogP contribution in [-0.4, -0.2) is 33.8 Å². The van der Waals surface area contributed by atoms with Crippen molar-refractivity contribution < 1.29 is 4.79 Å². The first-order chi connectivity index (χ1) is 6.36. The second kappa shape index (κ2) is 5.90. The molecule has 1 amide bonds. The Morgan fingerprint density at radius 2 is 1.79 bits per heavy atom. The van der Waals surface area contributed by atoms with Gasteiger partial charge >= 0.3 is 0 Å². The Labute approximate surface area is 89.7 Å². The SMILES string of the molecule is CC(C)N(C(=O)CSC(=N)N)C(C)C. The van der Waals surface area contributed by atoms with E-state index in [4.69, 9.17) is 11.1 Å². The molecule has 0 aliphatic heterocycles. The largest absolute Gasteiger partial charge is 0.379 e. The van der Waals surface area contributed by atoms with Crippen molar-refractivity contribution in [3.63, 3.8) is 0 Å². The van der Waals surface area contributed by atoms with E-state index in [9.17, 15) is 4.79 Å². The number of amides is 1. The molecule has 0 saturated carbocycles. The Balaban J connectivity index is 4.23. The monoisotopic (exact) mass is 217 g/mol. The number of nitrogens with one attached hydrogen (secondary N) is 1. The van der Waals surface area contributed by atoms with Crippen LogP contribution in [0.2, 0.25) is 0 Å². The number of amidine groups is 1. The van der Waals surface area contributed by atoms with Crippen molar-refractivity contribution in [1.29, 1.82) is 5.41 Å². The summed E-state index contributed by atoms with van der Waals surface area (Å²) in [5.41, 5.74) is 5.17. The minimum absolute atomic E-state index is 0.00851. The Morgan fingerprint density at radius 1 is 1.36 bits per heavy atom. The van der Waals surface area contributed by atoms with Crippen LogP contribution in [0.25, 0.3) is 0 Å². The molecule has 0 unspecified atom stereocenters. The van der Waals surface area contributed by atoms with Gasteiger partial charge in [0.1, 0.15) is 0 Å². The second-order valence-electron chi connectivity index (χ2n) is 3.64. The summed E-state index contributed by atoms with van der Waals surface area (Å²) in [7, 11) is 0. The summed E-state index contributed by atoms with van der Waals surface area (Å²) >= 11 is 1.07.